The molecule has 0 spiro atoms. The van der Waals surface area contributed by atoms with Gasteiger partial charge in [-0.3, -0.25) is 4.79 Å². The summed E-state index contributed by atoms with van der Waals surface area (Å²) in [5.41, 5.74) is 6.03. The van der Waals surface area contributed by atoms with E-state index in [1.165, 1.54) is 6.42 Å². The van der Waals surface area contributed by atoms with E-state index < -0.39 is 0 Å². The van der Waals surface area contributed by atoms with Crippen LogP contribution in [0.2, 0.25) is 0 Å². The van der Waals surface area contributed by atoms with Crippen LogP contribution < -0.4 is 15.8 Å². The molecule has 0 atom stereocenters. The summed E-state index contributed by atoms with van der Waals surface area (Å²) in [6.07, 6.45) is 3.29. The highest BCUT2D eigenvalue weighted by molar-refractivity contribution is 5.97. The van der Waals surface area contributed by atoms with Crippen molar-refractivity contribution in [3.63, 3.8) is 0 Å². The fourth-order valence-corrected chi connectivity index (χ4v) is 1.75. The van der Waals surface area contributed by atoms with E-state index in [9.17, 15) is 4.79 Å². The summed E-state index contributed by atoms with van der Waals surface area (Å²) < 4.78 is 5.35. The van der Waals surface area contributed by atoms with E-state index in [-0.39, 0.29) is 18.3 Å². The molecule has 0 bridgehead atoms. The van der Waals surface area contributed by atoms with Gasteiger partial charge in [-0.2, -0.15) is 0 Å². The van der Waals surface area contributed by atoms with Crippen LogP contribution in [-0.4, -0.2) is 29.6 Å². The number of amidine groups is 1. The molecule has 6 heteroatoms. The second-order valence-corrected chi connectivity index (χ2v) is 4.49. The number of benzene rings is 1. The Morgan fingerprint density at radius 1 is 1.42 bits per heavy atom. The Morgan fingerprint density at radius 3 is 2.63 bits per heavy atom. The largest absolute Gasteiger partial charge is 0.484 e. The molecule has 1 aromatic rings. The van der Waals surface area contributed by atoms with E-state index in [0.717, 1.165) is 12.8 Å². The Hall–Kier alpha value is -2.24. The standard InChI is InChI=1S/C13H17N3O3/c14-13(16-18)9-4-6-11(7-5-9)19-8-12(17)15-10-2-1-3-10/h4-7,10,18H,1-3,8H2,(H2,14,16)(H,15,17). The Bertz CT molecular complexity index is 467. The van der Waals surface area contributed by atoms with Gasteiger partial charge in [0.05, 0.1) is 0 Å². The zero-order chi connectivity index (χ0) is 13.7. The Morgan fingerprint density at radius 2 is 2.11 bits per heavy atom. The van der Waals surface area contributed by atoms with Crippen molar-refractivity contribution in [3.8, 4) is 5.75 Å². The van der Waals surface area contributed by atoms with Crippen LogP contribution in [0.1, 0.15) is 24.8 Å². The van der Waals surface area contributed by atoms with Gasteiger partial charge in [-0.25, -0.2) is 0 Å². The molecule has 1 aliphatic carbocycles. The van der Waals surface area contributed by atoms with Gasteiger partial charge >= 0.3 is 0 Å². The lowest BCUT2D eigenvalue weighted by Crippen LogP contribution is -2.41. The summed E-state index contributed by atoms with van der Waals surface area (Å²) in [6, 6.07) is 6.98. The third-order valence-corrected chi connectivity index (χ3v) is 3.10. The number of oxime groups is 1. The monoisotopic (exact) mass is 263 g/mol. The number of nitrogens with zero attached hydrogens (tertiary/aromatic N) is 1. The first-order chi connectivity index (χ1) is 9.19. The number of nitrogens with one attached hydrogen (secondary N) is 1. The van der Waals surface area contributed by atoms with Gasteiger partial charge in [0.25, 0.3) is 5.91 Å². The second-order valence-electron chi connectivity index (χ2n) is 4.49. The number of nitrogens with two attached hydrogens (primary N) is 1. The van der Waals surface area contributed by atoms with Crippen molar-refractivity contribution in [3.05, 3.63) is 29.8 Å². The Balaban J connectivity index is 1.80. The van der Waals surface area contributed by atoms with Gasteiger partial charge in [0.1, 0.15) is 5.75 Å². The molecular formula is C13H17N3O3. The first-order valence-corrected chi connectivity index (χ1v) is 6.19. The molecule has 0 saturated heterocycles. The molecule has 19 heavy (non-hydrogen) atoms. The summed E-state index contributed by atoms with van der Waals surface area (Å²) in [7, 11) is 0. The van der Waals surface area contributed by atoms with Crippen molar-refractivity contribution < 1.29 is 14.7 Å². The van der Waals surface area contributed by atoms with E-state index in [1.807, 2.05) is 0 Å². The lowest BCUT2D eigenvalue weighted by atomic mass is 9.93. The minimum atomic E-state index is -0.106. The summed E-state index contributed by atoms with van der Waals surface area (Å²) in [4.78, 5) is 11.5. The van der Waals surface area contributed by atoms with E-state index in [2.05, 4.69) is 10.5 Å². The molecule has 1 amide bonds. The van der Waals surface area contributed by atoms with Crippen LogP contribution in [0, 0.1) is 0 Å². The van der Waals surface area contributed by atoms with Crippen molar-refractivity contribution in [1.82, 2.24) is 5.32 Å². The number of hydrogen-bond donors (Lipinski definition) is 3. The Labute approximate surface area is 111 Å². The lowest BCUT2D eigenvalue weighted by Gasteiger charge is -2.26. The van der Waals surface area contributed by atoms with E-state index in [0.29, 0.717) is 17.4 Å². The number of ether oxygens (including phenoxy) is 1. The maximum Gasteiger partial charge on any atom is 0.258 e. The first kappa shape index (κ1) is 13.2. The molecule has 1 fully saturated rings. The number of hydrogen-bond acceptors (Lipinski definition) is 4. The second kappa shape index (κ2) is 6.08. The summed E-state index contributed by atoms with van der Waals surface area (Å²) >= 11 is 0. The number of rotatable bonds is 5. The quantitative estimate of drug-likeness (QED) is 0.317. The maximum absolute atomic E-state index is 11.5. The van der Waals surface area contributed by atoms with Gasteiger partial charge in [0, 0.05) is 11.6 Å². The molecule has 0 aliphatic heterocycles. The highest BCUT2D eigenvalue weighted by atomic mass is 16.5. The molecule has 0 heterocycles. The van der Waals surface area contributed by atoms with E-state index in [1.54, 1.807) is 24.3 Å². The van der Waals surface area contributed by atoms with Crippen molar-refractivity contribution >= 4 is 11.7 Å². The molecule has 0 radical (unpaired) electrons. The van der Waals surface area contributed by atoms with Crippen LogP contribution in [0.4, 0.5) is 0 Å². The van der Waals surface area contributed by atoms with Crippen molar-refractivity contribution in [1.29, 1.82) is 0 Å². The highest BCUT2D eigenvalue weighted by Gasteiger charge is 2.19. The minimum absolute atomic E-state index is 0.000577. The van der Waals surface area contributed by atoms with Crippen LogP contribution >= 0.6 is 0 Å². The van der Waals surface area contributed by atoms with Gasteiger partial charge < -0.3 is 21.0 Å². The fraction of sp³-hybridized carbons (Fsp3) is 0.385. The van der Waals surface area contributed by atoms with Gasteiger partial charge in [-0.1, -0.05) is 5.16 Å². The molecule has 6 nitrogen and oxygen atoms in total. The zero-order valence-electron chi connectivity index (χ0n) is 10.5. The molecule has 2 rings (SSSR count). The first-order valence-electron chi connectivity index (χ1n) is 6.19. The predicted octanol–water partition coefficient (Wildman–Crippen LogP) is 0.829. The zero-order valence-corrected chi connectivity index (χ0v) is 10.5. The molecule has 0 unspecified atom stereocenters. The average Bonchev–Trinajstić information content (AvgIpc) is 2.40. The topological polar surface area (TPSA) is 96.9 Å². The molecule has 1 saturated carbocycles. The third-order valence-electron chi connectivity index (χ3n) is 3.10. The molecule has 0 aromatic heterocycles. The van der Waals surface area contributed by atoms with Gasteiger partial charge in [0.15, 0.2) is 12.4 Å². The fourth-order valence-electron chi connectivity index (χ4n) is 1.75. The van der Waals surface area contributed by atoms with Crippen LogP contribution in [0.15, 0.2) is 29.4 Å². The van der Waals surface area contributed by atoms with Crippen molar-refractivity contribution in [2.75, 3.05) is 6.61 Å². The van der Waals surface area contributed by atoms with Gasteiger partial charge in [-0.05, 0) is 43.5 Å². The van der Waals surface area contributed by atoms with Crippen LogP contribution in [0.25, 0.3) is 0 Å². The van der Waals surface area contributed by atoms with Crippen LogP contribution in [-0.2, 0) is 4.79 Å². The third kappa shape index (κ3) is 3.61. The lowest BCUT2D eigenvalue weighted by molar-refractivity contribution is -0.124. The van der Waals surface area contributed by atoms with Crippen LogP contribution in [0.3, 0.4) is 0 Å². The molecule has 1 aromatic carbocycles. The minimum Gasteiger partial charge on any atom is -0.484 e. The number of carbonyl (C=O) groups is 1. The van der Waals surface area contributed by atoms with Gasteiger partial charge in [-0.15, -0.1) is 0 Å². The summed E-state index contributed by atoms with van der Waals surface area (Å²) in [5.74, 6) is 0.498. The van der Waals surface area contributed by atoms with E-state index in [4.69, 9.17) is 15.7 Å². The van der Waals surface area contributed by atoms with Crippen LogP contribution in [0.5, 0.6) is 5.75 Å². The average molecular weight is 263 g/mol. The molecular weight excluding hydrogens is 246 g/mol. The van der Waals surface area contributed by atoms with Crippen molar-refractivity contribution in [2.24, 2.45) is 10.9 Å². The smallest absolute Gasteiger partial charge is 0.258 e. The maximum atomic E-state index is 11.5. The molecule has 4 N–H and O–H groups in total. The van der Waals surface area contributed by atoms with Gasteiger partial charge in [0.2, 0.25) is 0 Å². The summed E-state index contributed by atoms with van der Waals surface area (Å²) in [6.45, 7) is -0.000577. The normalized spacial score (nSPS) is 15.7. The Kier molecular flexibility index (Phi) is 4.22. The highest BCUT2D eigenvalue weighted by Crippen LogP contribution is 2.18. The summed E-state index contributed by atoms with van der Waals surface area (Å²) in [5, 5.41) is 14.3. The number of amides is 1. The SMILES string of the molecule is N/C(=N/O)c1ccc(OCC(=O)NC2CCC2)cc1. The van der Waals surface area contributed by atoms with Crippen molar-refractivity contribution in [2.45, 2.75) is 25.3 Å². The molecule has 102 valence electrons. The number of carbonyl (C=O) groups excluding carboxylic acids is 1. The van der Waals surface area contributed by atoms with E-state index >= 15 is 0 Å². The molecule has 1 aliphatic rings. The predicted molar refractivity (Wildman–Crippen MR) is 70.2 cm³/mol.